The summed E-state index contributed by atoms with van der Waals surface area (Å²) in [6, 6.07) is 10.3. The molecule has 1 atom stereocenters. The van der Waals surface area contributed by atoms with Crippen molar-refractivity contribution in [1.29, 1.82) is 0 Å². The fraction of sp³-hybridized carbons (Fsp3) is 0.111. The maximum atomic E-state index is 12.4. The van der Waals surface area contributed by atoms with E-state index in [4.69, 9.17) is 9.79 Å². The molecule has 2 aromatic heterocycles. The molecule has 0 saturated heterocycles. The average molecular weight is 434 g/mol. The molecule has 1 aromatic carbocycles. The van der Waals surface area contributed by atoms with Gasteiger partial charge in [-0.15, -0.1) is 0 Å². The van der Waals surface area contributed by atoms with Gasteiger partial charge in [-0.2, -0.15) is 13.5 Å². The Morgan fingerprint density at radius 1 is 1.14 bits per heavy atom. The van der Waals surface area contributed by atoms with Gasteiger partial charge in [0.2, 0.25) is 0 Å². The third-order valence-corrected chi connectivity index (χ3v) is 5.00. The van der Waals surface area contributed by atoms with Crippen LogP contribution in [0.1, 0.15) is 28.9 Å². The molecule has 11 heteroatoms. The van der Waals surface area contributed by atoms with E-state index in [2.05, 4.69) is 20.3 Å². The molecule has 0 radical (unpaired) electrons. The van der Waals surface area contributed by atoms with Crippen molar-refractivity contribution in [2.24, 2.45) is 0 Å². The van der Waals surface area contributed by atoms with Gasteiger partial charge < -0.3 is 20.1 Å². The number of hydrogen-bond acceptors (Lipinski definition) is 5. The van der Waals surface area contributed by atoms with E-state index in [1.807, 2.05) is 0 Å². The van der Waals surface area contributed by atoms with E-state index in [1.165, 1.54) is 30.5 Å². The molecule has 2 heterocycles. The second-order valence-corrected chi connectivity index (χ2v) is 7.62. The van der Waals surface area contributed by atoms with Gasteiger partial charge in [-0.1, -0.05) is 18.2 Å². The first-order valence-corrected chi connectivity index (χ1v) is 9.84. The highest BCUT2D eigenvalue weighted by molar-refractivity contribution is 7.60. The van der Waals surface area contributed by atoms with Gasteiger partial charge in [0.1, 0.15) is 11.3 Å². The number of H-pyrrole nitrogens is 1. The number of benzene rings is 1. The summed E-state index contributed by atoms with van der Waals surface area (Å²) >= 11 is 0. The Kier molecular flexibility index (Phi) is 7.10. The lowest BCUT2D eigenvalue weighted by atomic mass is 10.1. The second-order valence-electron chi connectivity index (χ2n) is 6.02. The van der Waals surface area contributed by atoms with Crippen LogP contribution in [0.4, 0.5) is 0 Å². The van der Waals surface area contributed by atoms with Crippen LogP contribution in [0, 0.1) is 0 Å². The molecular formula is C18H19N4O5PS. The SMILES string of the molecule is C[C@H](NC(=O)c1cnc(-c2ccccn2)[nH]c1=O)c1ccc(P(=O)(O)O)cc1.S. The molecule has 3 rings (SSSR count). The van der Waals surface area contributed by atoms with Crippen LogP contribution >= 0.6 is 21.1 Å². The quantitative estimate of drug-likeness (QED) is 0.442. The Hall–Kier alpha value is -2.78. The maximum absolute atomic E-state index is 12.4. The van der Waals surface area contributed by atoms with Crippen molar-refractivity contribution in [1.82, 2.24) is 20.3 Å². The first-order chi connectivity index (χ1) is 13.3. The smallest absolute Gasteiger partial charge is 0.345 e. The van der Waals surface area contributed by atoms with Crippen LogP contribution in [0.3, 0.4) is 0 Å². The molecule has 152 valence electrons. The summed E-state index contributed by atoms with van der Waals surface area (Å²) in [6.07, 6.45) is 2.75. The van der Waals surface area contributed by atoms with Crippen molar-refractivity contribution in [2.45, 2.75) is 13.0 Å². The Labute approximate surface area is 172 Å². The largest absolute Gasteiger partial charge is 0.356 e. The van der Waals surface area contributed by atoms with E-state index in [1.54, 1.807) is 31.3 Å². The van der Waals surface area contributed by atoms with Gasteiger partial charge in [0.25, 0.3) is 11.5 Å². The monoisotopic (exact) mass is 434 g/mol. The van der Waals surface area contributed by atoms with Gasteiger partial charge >= 0.3 is 7.60 Å². The van der Waals surface area contributed by atoms with E-state index >= 15 is 0 Å². The van der Waals surface area contributed by atoms with E-state index < -0.39 is 25.1 Å². The lowest BCUT2D eigenvalue weighted by Gasteiger charge is -2.15. The molecule has 0 bridgehead atoms. The summed E-state index contributed by atoms with van der Waals surface area (Å²) < 4.78 is 11.2. The van der Waals surface area contributed by atoms with Crippen molar-refractivity contribution in [3.8, 4) is 11.5 Å². The molecule has 3 aromatic rings. The van der Waals surface area contributed by atoms with Crippen molar-refractivity contribution >= 4 is 32.3 Å². The predicted molar refractivity (Wildman–Crippen MR) is 112 cm³/mol. The number of nitrogens with zero attached hydrogens (tertiary/aromatic N) is 2. The average Bonchev–Trinajstić information content (AvgIpc) is 2.68. The van der Waals surface area contributed by atoms with Crippen molar-refractivity contribution in [3.63, 3.8) is 0 Å². The Balaban J connectivity index is 0.00000300. The Morgan fingerprint density at radius 3 is 2.38 bits per heavy atom. The lowest BCUT2D eigenvalue weighted by molar-refractivity contribution is 0.0938. The summed E-state index contributed by atoms with van der Waals surface area (Å²) in [4.78, 5) is 53.7. The standard InChI is InChI=1S/C18H17N4O5P.H2S/c1-11(12-5-7-13(8-6-12)28(25,26)27)21-17(23)14-10-20-16(22-18(14)24)15-4-2-3-9-19-15;/h2-11H,1H3,(H,21,23)(H,20,22,24)(H2,25,26,27);1H2/t11-;/m0./s1. The molecule has 0 aliphatic rings. The number of pyridine rings is 1. The zero-order chi connectivity index (χ0) is 20.3. The van der Waals surface area contributed by atoms with E-state index in [-0.39, 0.29) is 30.2 Å². The Bertz CT molecular complexity index is 1100. The molecule has 0 aliphatic heterocycles. The van der Waals surface area contributed by atoms with Gasteiger partial charge in [-0.3, -0.25) is 19.1 Å². The van der Waals surface area contributed by atoms with Gasteiger partial charge in [0, 0.05) is 12.4 Å². The molecule has 9 nitrogen and oxygen atoms in total. The minimum Gasteiger partial charge on any atom is -0.345 e. The van der Waals surface area contributed by atoms with Crippen LogP contribution in [0.25, 0.3) is 11.5 Å². The summed E-state index contributed by atoms with van der Waals surface area (Å²) in [5, 5.41) is 2.55. The molecule has 0 aliphatic carbocycles. The summed E-state index contributed by atoms with van der Waals surface area (Å²) in [5.74, 6) is -0.365. The van der Waals surface area contributed by atoms with Crippen LogP contribution in [0.2, 0.25) is 0 Å². The summed E-state index contributed by atoms with van der Waals surface area (Å²) in [6.45, 7) is 1.69. The van der Waals surface area contributed by atoms with Crippen molar-refractivity contribution in [3.05, 3.63) is 76.3 Å². The van der Waals surface area contributed by atoms with Crippen molar-refractivity contribution < 1.29 is 19.1 Å². The third kappa shape index (κ3) is 5.39. The Morgan fingerprint density at radius 2 is 1.83 bits per heavy atom. The number of carbonyl (C=O) groups is 1. The minimum absolute atomic E-state index is 0. The van der Waals surface area contributed by atoms with Gasteiger partial charge in [-0.25, -0.2) is 4.98 Å². The van der Waals surface area contributed by atoms with Gasteiger partial charge in [-0.05, 0) is 36.8 Å². The first-order valence-electron chi connectivity index (χ1n) is 8.23. The van der Waals surface area contributed by atoms with Crippen LogP contribution < -0.4 is 16.2 Å². The summed E-state index contributed by atoms with van der Waals surface area (Å²) in [5.41, 5.74) is 0.348. The van der Waals surface area contributed by atoms with Crippen LogP contribution in [-0.4, -0.2) is 30.6 Å². The molecule has 0 spiro atoms. The number of aromatic nitrogens is 3. The zero-order valence-corrected chi connectivity index (χ0v) is 17.1. The number of aromatic amines is 1. The lowest BCUT2D eigenvalue weighted by Crippen LogP contribution is -2.32. The van der Waals surface area contributed by atoms with Crippen LogP contribution in [-0.2, 0) is 4.57 Å². The van der Waals surface area contributed by atoms with Gasteiger partial charge in [0.15, 0.2) is 5.82 Å². The van der Waals surface area contributed by atoms with E-state index in [9.17, 15) is 14.2 Å². The third-order valence-electron chi connectivity index (χ3n) is 4.03. The molecule has 1 amide bonds. The number of rotatable bonds is 5. The number of amides is 1. The maximum Gasteiger partial charge on any atom is 0.356 e. The molecule has 29 heavy (non-hydrogen) atoms. The zero-order valence-electron chi connectivity index (χ0n) is 15.2. The topological polar surface area (TPSA) is 145 Å². The molecule has 0 unspecified atom stereocenters. The number of hydrogen-bond donors (Lipinski definition) is 4. The molecule has 4 N–H and O–H groups in total. The van der Waals surface area contributed by atoms with Crippen molar-refractivity contribution in [2.75, 3.05) is 0 Å². The first kappa shape index (κ1) is 22.5. The number of carbonyl (C=O) groups excluding carboxylic acids is 1. The molecular weight excluding hydrogens is 415 g/mol. The second kappa shape index (κ2) is 9.15. The highest BCUT2D eigenvalue weighted by Gasteiger charge is 2.19. The molecule has 0 fully saturated rings. The van der Waals surface area contributed by atoms with Gasteiger partial charge in [0.05, 0.1) is 11.3 Å². The van der Waals surface area contributed by atoms with Crippen LogP contribution in [0.15, 0.2) is 59.7 Å². The van der Waals surface area contributed by atoms with E-state index in [0.29, 0.717) is 11.3 Å². The minimum atomic E-state index is -4.33. The molecule has 0 saturated carbocycles. The predicted octanol–water partition coefficient (Wildman–Crippen LogP) is 1.24. The number of nitrogens with one attached hydrogen (secondary N) is 2. The fourth-order valence-electron chi connectivity index (χ4n) is 2.50. The summed E-state index contributed by atoms with van der Waals surface area (Å²) in [7, 11) is -4.33. The fourth-order valence-corrected chi connectivity index (χ4v) is 3.04. The normalized spacial score (nSPS) is 12.0. The highest BCUT2D eigenvalue weighted by atomic mass is 32.1. The van der Waals surface area contributed by atoms with E-state index in [0.717, 1.165) is 0 Å². The van der Waals surface area contributed by atoms with Crippen LogP contribution in [0.5, 0.6) is 0 Å². The highest BCUT2D eigenvalue weighted by Crippen LogP contribution is 2.33.